The SMILES string of the molecule is O=C1NC(=O)C(F)C(=COCCOCCO)N1. The second-order valence-electron chi connectivity index (χ2n) is 3.09. The molecule has 7 nitrogen and oxygen atoms in total. The molecular weight excluding hydrogens is 235 g/mol. The van der Waals surface area contributed by atoms with E-state index in [-0.39, 0.29) is 32.1 Å². The van der Waals surface area contributed by atoms with Crippen molar-refractivity contribution in [3.8, 4) is 0 Å². The van der Waals surface area contributed by atoms with Gasteiger partial charge in [-0.1, -0.05) is 0 Å². The molecule has 0 aromatic heterocycles. The van der Waals surface area contributed by atoms with Gasteiger partial charge >= 0.3 is 6.03 Å². The van der Waals surface area contributed by atoms with Crippen LogP contribution in [0.4, 0.5) is 9.18 Å². The molecule has 3 N–H and O–H groups in total. The Labute approximate surface area is 96.6 Å². The average Bonchev–Trinajstić information content (AvgIpc) is 2.29. The summed E-state index contributed by atoms with van der Waals surface area (Å²) in [6.07, 6.45) is -0.991. The van der Waals surface area contributed by atoms with E-state index >= 15 is 0 Å². The van der Waals surface area contributed by atoms with E-state index in [0.717, 1.165) is 6.26 Å². The first-order valence-corrected chi connectivity index (χ1v) is 4.91. The van der Waals surface area contributed by atoms with E-state index < -0.39 is 18.1 Å². The van der Waals surface area contributed by atoms with E-state index in [9.17, 15) is 14.0 Å². The Morgan fingerprint density at radius 1 is 1.29 bits per heavy atom. The molecule has 1 unspecified atom stereocenters. The van der Waals surface area contributed by atoms with Crippen LogP contribution in [-0.2, 0) is 14.3 Å². The number of hydrogen-bond donors (Lipinski definition) is 3. The van der Waals surface area contributed by atoms with Gasteiger partial charge in [0.05, 0.1) is 25.5 Å². The van der Waals surface area contributed by atoms with E-state index in [1.807, 2.05) is 0 Å². The lowest BCUT2D eigenvalue weighted by Crippen LogP contribution is -2.51. The molecule has 1 aliphatic heterocycles. The molecular formula is C9H13FN2O5. The third-order valence-electron chi connectivity index (χ3n) is 1.79. The fraction of sp³-hybridized carbons (Fsp3) is 0.556. The highest BCUT2D eigenvalue weighted by Crippen LogP contribution is 2.08. The minimum Gasteiger partial charge on any atom is -0.497 e. The second-order valence-corrected chi connectivity index (χ2v) is 3.09. The molecule has 0 spiro atoms. The van der Waals surface area contributed by atoms with Crippen LogP contribution in [0.3, 0.4) is 0 Å². The van der Waals surface area contributed by atoms with Crippen molar-refractivity contribution in [2.24, 2.45) is 0 Å². The van der Waals surface area contributed by atoms with E-state index in [1.54, 1.807) is 5.32 Å². The van der Waals surface area contributed by atoms with Crippen LogP contribution >= 0.6 is 0 Å². The summed E-state index contributed by atoms with van der Waals surface area (Å²) < 4.78 is 23.0. The zero-order valence-electron chi connectivity index (χ0n) is 8.94. The first kappa shape index (κ1) is 13.4. The number of carbonyl (C=O) groups is 2. The summed E-state index contributed by atoms with van der Waals surface area (Å²) in [5, 5.41) is 12.3. The highest BCUT2D eigenvalue weighted by atomic mass is 19.1. The minimum atomic E-state index is -1.95. The predicted molar refractivity (Wildman–Crippen MR) is 53.5 cm³/mol. The number of rotatable bonds is 6. The summed E-state index contributed by atoms with van der Waals surface area (Å²) in [5.41, 5.74) is -0.249. The highest BCUT2D eigenvalue weighted by Gasteiger charge is 2.30. The number of carbonyl (C=O) groups excluding carboxylic acids is 2. The maximum Gasteiger partial charge on any atom is 0.325 e. The Kier molecular flexibility index (Phi) is 5.37. The number of hydrogen-bond acceptors (Lipinski definition) is 5. The molecule has 1 fully saturated rings. The molecule has 96 valence electrons. The predicted octanol–water partition coefficient (Wildman–Crippen LogP) is -0.969. The van der Waals surface area contributed by atoms with Gasteiger partial charge in [-0.2, -0.15) is 0 Å². The van der Waals surface area contributed by atoms with Crippen molar-refractivity contribution < 1.29 is 28.6 Å². The first-order valence-electron chi connectivity index (χ1n) is 4.91. The summed E-state index contributed by atoms with van der Waals surface area (Å²) in [6, 6.07) is -0.796. The van der Waals surface area contributed by atoms with Gasteiger partial charge in [-0.3, -0.25) is 10.1 Å². The summed E-state index contributed by atoms with van der Waals surface area (Å²) in [6.45, 7) is 0.420. The Balaban J connectivity index is 2.32. The fourth-order valence-electron chi connectivity index (χ4n) is 1.05. The Bertz CT molecular complexity index is 321. The molecule has 1 heterocycles. The molecule has 0 aromatic carbocycles. The van der Waals surface area contributed by atoms with Crippen LogP contribution in [0.25, 0.3) is 0 Å². The number of halogens is 1. The van der Waals surface area contributed by atoms with Crippen molar-refractivity contribution in [1.29, 1.82) is 0 Å². The van der Waals surface area contributed by atoms with Crippen LogP contribution in [0.1, 0.15) is 0 Å². The number of ether oxygens (including phenoxy) is 2. The Morgan fingerprint density at radius 2 is 2.06 bits per heavy atom. The Hall–Kier alpha value is -1.67. The quantitative estimate of drug-likeness (QED) is 0.415. The Morgan fingerprint density at radius 3 is 2.76 bits per heavy atom. The summed E-state index contributed by atoms with van der Waals surface area (Å²) in [5.74, 6) is -1.03. The summed E-state index contributed by atoms with van der Waals surface area (Å²) in [7, 11) is 0. The average molecular weight is 248 g/mol. The molecule has 0 bridgehead atoms. The van der Waals surface area contributed by atoms with Gasteiger partial charge in [0.2, 0.25) is 6.17 Å². The highest BCUT2D eigenvalue weighted by molar-refractivity contribution is 6.01. The second kappa shape index (κ2) is 6.81. The molecule has 1 rings (SSSR count). The molecule has 0 aliphatic carbocycles. The van der Waals surface area contributed by atoms with Crippen LogP contribution in [0, 0.1) is 0 Å². The molecule has 8 heteroatoms. The minimum absolute atomic E-state index is 0.0934. The van der Waals surface area contributed by atoms with Crippen molar-refractivity contribution in [3.05, 3.63) is 12.0 Å². The van der Waals surface area contributed by atoms with Gasteiger partial charge in [0, 0.05) is 0 Å². The molecule has 1 atom stereocenters. The number of nitrogens with one attached hydrogen (secondary N) is 2. The smallest absolute Gasteiger partial charge is 0.325 e. The maximum atomic E-state index is 13.2. The number of imide groups is 1. The molecule has 0 aromatic rings. The van der Waals surface area contributed by atoms with Crippen molar-refractivity contribution >= 4 is 11.9 Å². The lowest BCUT2D eigenvalue weighted by molar-refractivity contribution is -0.124. The van der Waals surface area contributed by atoms with Gasteiger partial charge in [-0.05, 0) is 0 Å². The lowest BCUT2D eigenvalue weighted by Gasteiger charge is -2.19. The molecule has 0 saturated carbocycles. The van der Waals surface area contributed by atoms with E-state index in [1.165, 1.54) is 0 Å². The molecule has 1 aliphatic rings. The third-order valence-corrected chi connectivity index (χ3v) is 1.79. The van der Waals surface area contributed by atoms with Crippen molar-refractivity contribution in [1.82, 2.24) is 10.6 Å². The number of aliphatic hydroxyl groups is 1. The standard InChI is InChI=1S/C9H13FN2O5/c10-7-6(11-9(15)12-8(7)14)5-17-4-3-16-2-1-13/h5,7,13H,1-4H2,(H2,11,12,14,15). The first-order chi connectivity index (χ1) is 8.15. The lowest BCUT2D eigenvalue weighted by atomic mass is 10.2. The largest absolute Gasteiger partial charge is 0.497 e. The van der Waals surface area contributed by atoms with Crippen LogP contribution in [0.2, 0.25) is 0 Å². The van der Waals surface area contributed by atoms with Gasteiger partial charge in [0.1, 0.15) is 12.9 Å². The third kappa shape index (κ3) is 4.37. The summed E-state index contributed by atoms with van der Waals surface area (Å²) >= 11 is 0. The number of amides is 3. The summed E-state index contributed by atoms with van der Waals surface area (Å²) in [4.78, 5) is 21.7. The number of urea groups is 1. The van der Waals surface area contributed by atoms with Crippen LogP contribution in [0.5, 0.6) is 0 Å². The van der Waals surface area contributed by atoms with Gasteiger partial charge in [0.25, 0.3) is 5.91 Å². The molecule has 1 saturated heterocycles. The van der Waals surface area contributed by atoms with Gasteiger partial charge in [0.15, 0.2) is 0 Å². The van der Waals surface area contributed by atoms with Gasteiger partial charge < -0.3 is 19.9 Å². The maximum absolute atomic E-state index is 13.2. The zero-order chi connectivity index (χ0) is 12.7. The monoisotopic (exact) mass is 248 g/mol. The zero-order valence-corrected chi connectivity index (χ0v) is 8.94. The molecule has 3 amide bonds. The van der Waals surface area contributed by atoms with Crippen molar-refractivity contribution in [2.75, 3.05) is 26.4 Å². The molecule has 17 heavy (non-hydrogen) atoms. The fourth-order valence-corrected chi connectivity index (χ4v) is 1.05. The van der Waals surface area contributed by atoms with Crippen molar-refractivity contribution in [3.63, 3.8) is 0 Å². The topological polar surface area (TPSA) is 96.9 Å². The van der Waals surface area contributed by atoms with E-state index in [2.05, 4.69) is 5.32 Å². The van der Waals surface area contributed by atoms with Gasteiger partial charge in [-0.15, -0.1) is 0 Å². The van der Waals surface area contributed by atoms with E-state index in [0.29, 0.717) is 0 Å². The van der Waals surface area contributed by atoms with Crippen LogP contribution in [0.15, 0.2) is 12.0 Å². The van der Waals surface area contributed by atoms with Crippen LogP contribution in [-0.4, -0.2) is 49.6 Å². The van der Waals surface area contributed by atoms with Gasteiger partial charge in [-0.25, -0.2) is 9.18 Å². The van der Waals surface area contributed by atoms with Crippen LogP contribution < -0.4 is 10.6 Å². The number of aliphatic hydroxyl groups excluding tert-OH is 1. The molecule has 0 radical (unpaired) electrons. The van der Waals surface area contributed by atoms with E-state index in [4.69, 9.17) is 14.6 Å². The number of alkyl halides is 1. The van der Waals surface area contributed by atoms with Crippen molar-refractivity contribution in [2.45, 2.75) is 6.17 Å². The normalized spacial score (nSPS) is 22.2.